The van der Waals surface area contributed by atoms with Crippen LogP contribution in [0.4, 0.5) is 0 Å². The second kappa shape index (κ2) is 12.9. The predicted molar refractivity (Wildman–Crippen MR) is 127 cm³/mol. The van der Waals surface area contributed by atoms with Gasteiger partial charge in [0.1, 0.15) is 6.17 Å². The maximum atomic E-state index is 13.3. The Labute approximate surface area is 192 Å². The molecule has 3 rings (SSSR count). The van der Waals surface area contributed by atoms with E-state index in [1.54, 1.807) is 0 Å². The monoisotopic (exact) mass is 444 g/mol. The van der Waals surface area contributed by atoms with Crippen LogP contribution >= 0.6 is 0 Å². The van der Waals surface area contributed by atoms with Crippen molar-refractivity contribution >= 4 is 5.91 Å². The summed E-state index contributed by atoms with van der Waals surface area (Å²) in [5, 5.41) is 11.3. The van der Waals surface area contributed by atoms with Crippen molar-refractivity contribution in [3.05, 3.63) is 34.9 Å². The molecule has 8 nitrogen and oxygen atoms in total. The van der Waals surface area contributed by atoms with Gasteiger partial charge in [-0.05, 0) is 50.3 Å². The number of nitrogens with zero attached hydrogens (tertiary/aromatic N) is 4. The lowest BCUT2D eigenvalue weighted by molar-refractivity contribution is -0.127. The third kappa shape index (κ3) is 6.98. The molecule has 0 radical (unpaired) electrons. The van der Waals surface area contributed by atoms with E-state index in [1.165, 1.54) is 5.57 Å². The Morgan fingerprint density at radius 3 is 2.66 bits per heavy atom. The summed E-state index contributed by atoms with van der Waals surface area (Å²) in [7, 11) is 0. The minimum Gasteiger partial charge on any atom is -0.379 e. The third-order valence-electron chi connectivity index (χ3n) is 6.36. The summed E-state index contributed by atoms with van der Waals surface area (Å²) in [6.07, 6.45) is 11.8. The van der Waals surface area contributed by atoms with Gasteiger partial charge in [0.05, 0.1) is 13.2 Å². The van der Waals surface area contributed by atoms with Gasteiger partial charge in [0.2, 0.25) is 5.91 Å². The maximum absolute atomic E-state index is 13.3. The van der Waals surface area contributed by atoms with Gasteiger partial charge in [0, 0.05) is 44.2 Å². The van der Waals surface area contributed by atoms with E-state index in [-0.39, 0.29) is 18.1 Å². The molecule has 1 saturated heterocycles. The highest BCUT2D eigenvalue weighted by atomic mass is 16.5. The highest BCUT2D eigenvalue weighted by molar-refractivity contribution is 5.94. The van der Waals surface area contributed by atoms with Crippen LogP contribution in [0.15, 0.2) is 45.3 Å². The molecule has 32 heavy (non-hydrogen) atoms. The van der Waals surface area contributed by atoms with Gasteiger partial charge in [-0.25, -0.2) is 0 Å². The minimum atomic E-state index is -0.288. The summed E-state index contributed by atoms with van der Waals surface area (Å²) < 4.78 is 5.44. The zero-order valence-electron chi connectivity index (χ0n) is 19.8. The van der Waals surface area contributed by atoms with Crippen molar-refractivity contribution in [2.75, 3.05) is 45.9 Å². The Hall–Kier alpha value is -2.03. The predicted octanol–water partition coefficient (Wildman–Crippen LogP) is 2.94. The van der Waals surface area contributed by atoms with Crippen molar-refractivity contribution < 1.29 is 9.53 Å². The first-order valence-corrected chi connectivity index (χ1v) is 12.2. The van der Waals surface area contributed by atoms with Crippen molar-refractivity contribution in [1.82, 2.24) is 15.1 Å². The number of morpholine rings is 1. The van der Waals surface area contributed by atoms with Crippen molar-refractivity contribution in [2.45, 2.75) is 64.6 Å². The van der Waals surface area contributed by atoms with Crippen LogP contribution in [0.5, 0.6) is 0 Å². The molecule has 8 heteroatoms. The summed E-state index contributed by atoms with van der Waals surface area (Å²) in [6, 6.07) is 0.130. The third-order valence-corrected chi connectivity index (χ3v) is 6.36. The van der Waals surface area contributed by atoms with E-state index >= 15 is 0 Å². The molecule has 3 aliphatic rings. The largest absolute Gasteiger partial charge is 0.379 e. The fourth-order valence-corrected chi connectivity index (χ4v) is 4.74. The van der Waals surface area contributed by atoms with E-state index in [0.29, 0.717) is 6.42 Å². The van der Waals surface area contributed by atoms with Gasteiger partial charge in [0.25, 0.3) is 0 Å². The zero-order chi connectivity index (χ0) is 22.8. The van der Waals surface area contributed by atoms with Crippen molar-refractivity contribution in [3.63, 3.8) is 0 Å². The lowest BCUT2D eigenvalue weighted by Gasteiger charge is -2.28. The average molecular weight is 445 g/mol. The van der Waals surface area contributed by atoms with Crippen molar-refractivity contribution in [3.8, 4) is 0 Å². The van der Waals surface area contributed by atoms with Crippen molar-refractivity contribution in [2.24, 2.45) is 16.2 Å². The van der Waals surface area contributed by atoms with Crippen LogP contribution in [0, 0.1) is 0 Å². The van der Waals surface area contributed by atoms with Gasteiger partial charge in [-0.2, -0.15) is 5.11 Å². The molecule has 0 bridgehead atoms. The molecule has 2 heterocycles. The molecule has 1 aliphatic carbocycles. The summed E-state index contributed by atoms with van der Waals surface area (Å²) in [5.41, 5.74) is 3.37. The van der Waals surface area contributed by atoms with Gasteiger partial charge >= 0.3 is 0 Å². The van der Waals surface area contributed by atoms with Crippen LogP contribution in [0.3, 0.4) is 0 Å². The number of rotatable bonds is 10. The molecule has 2 atom stereocenters. The van der Waals surface area contributed by atoms with E-state index in [0.717, 1.165) is 89.2 Å². The van der Waals surface area contributed by atoms with Gasteiger partial charge < -0.3 is 15.5 Å². The zero-order valence-corrected chi connectivity index (χ0v) is 19.8. The summed E-state index contributed by atoms with van der Waals surface area (Å²) in [6.45, 7) is 10.6. The molecular weight excluding hydrogens is 404 g/mol. The number of fused-ring (bicyclic) bond motifs is 1. The van der Waals surface area contributed by atoms with E-state index in [1.807, 2.05) is 4.90 Å². The first kappa shape index (κ1) is 24.6. The van der Waals surface area contributed by atoms with Crippen LogP contribution in [0.25, 0.3) is 0 Å². The number of ether oxygens (including phenoxy) is 1. The van der Waals surface area contributed by atoms with Crippen LogP contribution in [-0.2, 0) is 9.53 Å². The molecule has 0 aromatic heterocycles. The Bertz CT molecular complexity index is 733. The summed E-state index contributed by atoms with van der Waals surface area (Å²) in [4.78, 5) is 17.7. The van der Waals surface area contributed by atoms with E-state index in [4.69, 9.17) is 10.6 Å². The minimum absolute atomic E-state index is 0.106. The maximum Gasteiger partial charge on any atom is 0.249 e. The number of nitrogens with one attached hydrogen (secondary N) is 1. The molecule has 178 valence electrons. The number of amides is 1. The van der Waals surface area contributed by atoms with Gasteiger partial charge in [-0.1, -0.05) is 36.8 Å². The topological polar surface area (TPSA) is 95.5 Å². The highest BCUT2D eigenvalue weighted by Crippen LogP contribution is 2.29. The molecule has 0 aromatic rings. The number of hydrogen-bond acceptors (Lipinski definition) is 6. The average Bonchev–Trinajstić information content (AvgIpc) is 2.98. The normalized spacial score (nSPS) is 24.4. The van der Waals surface area contributed by atoms with Crippen LogP contribution < -0.4 is 11.2 Å². The Balaban J connectivity index is 1.70. The SMILES string of the molecule is CCCN(CCC)C(=O)C1=CC2=CC=C(CCCN3CCOCC3)CC2NC(N=NN)C1. The van der Waals surface area contributed by atoms with E-state index < -0.39 is 0 Å². The lowest BCUT2D eigenvalue weighted by atomic mass is 9.90. The molecule has 1 fully saturated rings. The van der Waals surface area contributed by atoms with Crippen LogP contribution in [-0.4, -0.2) is 73.9 Å². The number of carbonyl (C=O) groups is 1. The lowest BCUT2D eigenvalue weighted by Crippen LogP contribution is -2.39. The van der Waals surface area contributed by atoms with E-state index in [9.17, 15) is 4.79 Å². The highest BCUT2D eigenvalue weighted by Gasteiger charge is 2.29. The summed E-state index contributed by atoms with van der Waals surface area (Å²) >= 11 is 0. The smallest absolute Gasteiger partial charge is 0.249 e. The molecule has 2 aliphatic heterocycles. The van der Waals surface area contributed by atoms with Crippen molar-refractivity contribution in [1.29, 1.82) is 0 Å². The molecular formula is C24H40N6O2. The number of allylic oxidation sites excluding steroid dienone is 2. The van der Waals surface area contributed by atoms with E-state index in [2.05, 4.69) is 52.6 Å². The second-order valence-corrected chi connectivity index (χ2v) is 8.89. The van der Waals surface area contributed by atoms with Gasteiger partial charge in [-0.3, -0.25) is 15.0 Å². The van der Waals surface area contributed by atoms with Crippen LogP contribution in [0.2, 0.25) is 0 Å². The molecule has 3 N–H and O–H groups in total. The number of carbonyl (C=O) groups excluding carboxylic acids is 1. The second-order valence-electron chi connectivity index (χ2n) is 8.89. The fraction of sp³-hybridized carbons (Fsp3) is 0.708. The fourth-order valence-electron chi connectivity index (χ4n) is 4.74. The molecule has 0 aromatic carbocycles. The Kier molecular flexibility index (Phi) is 9.89. The summed E-state index contributed by atoms with van der Waals surface area (Å²) in [5.74, 6) is 5.49. The molecule has 1 amide bonds. The first-order valence-electron chi connectivity index (χ1n) is 12.2. The molecule has 0 saturated carbocycles. The van der Waals surface area contributed by atoms with Crippen LogP contribution in [0.1, 0.15) is 52.4 Å². The Morgan fingerprint density at radius 2 is 1.97 bits per heavy atom. The molecule has 0 spiro atoms. The van der Waals surface area contributed by atoms with Gasteiger partial charge in [-0.15, -0.1) is 0 Å². The standard InChI is InChI=1S/C24H40N6O2/c1-3-9-30(10-4-2)24(31)21-17-20-8-7-19(6-5-11-29-12-14-32-15-13-29)16-22(20)26-23(18-21)27-28-25/h7-8,17,22-23,26H,3-6,9-16,18H2,1-2H3,(H2,25,27). The first-order chi connectivity index (χ1) is 15.6. The quantitative estimate of drug-likeness (QED) is 0.307. The number of hydrogen-bond donors (Lipinski definition) is 2. The van der Waals surface area contributed by atoms with Gasteiger partial charge in [0.15, 0.2) is 0 Å². The Morgan fingerprint density at radius 1 is 1.22 bits per heavy atom. The number of nitrogens with two attached hydrogens (primary N) is 1. The molecule has 2 unspecified atom stereocenters.